The lowest BCUT2D eigenvalue weighted by Crippen LogP contribution is -2.35. The summed E-state index contributed by atoms with van der Waals surface area (Å²) >= 11 is 0. The number of carbonyl (C=O) groups is 1. The van der Waals surface area contributed by atoms with Gasteiger partial charge in [0.25, 0.3) is 11.5 Å². The Labute approximate surface area is 132 Å². The number of aromatic nitrogens is 1. The molecule has 0 saturated carbocycles. The van der Waals surface area contributed by atoms with Gasteiger partial charge in [0.05, 0.1) is 0 Å². The first-order valence-electron chi connectivity index (χ1n) is 8.08. The lowest BCUT2D eigenvalue weighted by molar-refractivity contribution is 0.0945. The second-order valence-corrected chi connectivity index (χ2v) is 6.86. The molecular weight excluding hydrogens is 278 g/mol. The number of likely N-dealkylation sites (tertiary alicyclic amines) is 1. The minimum atomic E-state index is -0.303. The third-order valence-electron chi connectivity index (χ3n) is 4.14. The van der Waals surface area contributed by atoms with E-state index in [1.807, 2.05) is 13.0 Å². The van der Waals surface area contributed by atoms with Crippen molar-refractivity contribution >= 4 is 5.91 Å². The number of nitrogens with zero attached hydrogens (tertiary/aromatic N) is 1. The summed E-state index contributed by atoms with van der Waals surface area (Å²) in [6, 6.07) is 1.83. The summed E-state index contributed by atoms with van der Waals surface area (Å²) < 4.78 is 0. The Balaban J connectivity index is 1.90. The van der Waals surface area contributed by atoms with Crippen LogP contribution in [0.5, 0.6) is 0 Å². The first-order valence-corrected chi connectivity index (χ1v) is 8.08. The van der Waals surface area contributed by atoms with E-state index in [0.717, 1.165) is 37.3 Å². The van der Waals surface area contributed by atoms with Crippen molar-refractivity contribution in [1.29, 1.82) is 0 Å². The van der Waals surface area contributed by atoms with Crippen molar-refractivity contribution in [3.8, 4) is 0 Å². The van der Waals surface area contributed by atoms with Crippen LogP contribution in [0, 0.1) is 25.7 Å². The molecule has 0 radical (unpaired) electrons. The van der Waals surface area contributed by atoms with Crippen LogP contribution in [0.15, 0.2) is 10.9 Å². The maximum absolute atomic E-state index is 12.3. The third-order valence-corrected chi connectivity index (χ3v) is 4.14. The molecule has 1 aliphatic rings. The van der Waals surface area contributed by atoms with Crippen LogP contribution in [0.1, 0.15) is 41.9 Å². The summed E-state index contributed by atoms with van der Waals surface area (Å²) in [7, 11) is 0. The molecule has 1 aromatic heterocycles. The van der Waals surface area contributed by atoms with Gasteiger partial charge in [-0.05, 0) is 50.3 Å². The number of amides is 1. The Morgan fingerprint density at radius 3 is 2.82 bits per heavy atom. The van der Waals surface area contributed by atoms with Crippen LogP contribution in [-0.2, 0) is 0 Å². The maximum Gasteiger partial charge on any atom is 0.261 e. The van der Waals surface area contributed by atoms with E-state index in [1.54, 1.807) is 6.92 Å². The van der Waals surface area contributed by atoms with Gasteiger partial charge in [0, 0.05) is 25.3 Å². The summed E-state index contributed by atoms with van der Waals surface area (Å²) in [6.45, 7) is 11.9. The Hall–Kier alpha value is -1.62. The summed E-state index contributed by atoms with van der Waals surface area (Å²) in [5, 5.41) is 2.93. The lowest BCUT2D eigenvalue weighted by atomic mass is 10.1. The molecule has 1 aromatic rings. The number of H-pyrrole nitrogens is 1. The molecule has 2 rings (SSSR count). The predicted molar refractivity (Wildman–Crippen MR) is 88.3 cm³/mol. The van der Waals surface area contributed by atoms with Crippen LogP contribution in [0.2, 0.25) is 0 Å². The molecule has 1 aliphatic heterocycles. The number of carbonyl (C=O) groups excluding carboxylic acids is 1. The molecule has 0 spiro atoms. The van der Waals surface area contributed by atoms with Crippen LogP contribution in [0.25, 0.3) is 0 Å². The summed E-state index contributed by atoms with van der Waals surface area (Å²) in [5.41, 5.74) is 1.44. The largest absolute Gasteiger partial charge is 0.352 e. The molecule has 2 N–H and O–H groups in total. The van der Waals surface area contributed by atoms with Gasteiger partial charge in [-0.15, -0.1) is 0 Å². The summed E-state index contributed by atoms with van der Waals surface area (Å²) in [4.78, 5) is 29.4. The van der Waals surface area contributed by atoms with E-state index in [9.17, 15) is 9.59 Å². The standard InChI is InChI=1S/C17H27N3O2/c1-11(2)9-20-6-5-14(10-20)8-18-16(21)15-12(3)7-13(4)19-17(15)22/h7,11,14H,5-6,8-10H2,1-4H3,(H,18,21)(H,19,22)/t14-/m1/s1. The van der Waals surface area contributed by atoms with Crippen molar-refractivity contribution < 1.29 is 4.79 Å². The molecule has 0 aliphatic carbocycles. The van der Waals surface area contributed by atoms with Gasteiger partial charge in [0.1, 0.15) is 5.56 Å². The van der Waals surface area contributed by atoms with E-state index in [2.05, 4.69) is 29.0 Å². The number of hydrogen-bond acceptors (Lipinski definition) is 3. The highest BCUT2D eigenvalue weighted by Crippen LogP contribution is 2.16. The third kappa shape index (κ3) is 4.19. The molecule has 22 heavy (non-hydrogen) atoms. The molecule has 122 valence electrons. The van der Waals surface area contributed by atoms with E-state index in [1.165, 1.54) is 0 Å². The summed E-state index contributed by atoms with van der Waals surface area (Å²) in [5.74, 6) is 0.885. The van der Waals surface area contributed by atoms with Gasteiger partial charge in [-0.1, -0.05) is 13.8 Å². The van der Waals surface area contributed by atoms with Crippen molar-refractivity contribution in [2.45, 2.75) is 34.1 Å². The number of aromatic amines is 1. The van der Waals surface area contributed by atoms with Crippen molar-refractivity contribution in [2.75, 3.05) is 26.2 Å². The first-order chi connectivity index (χ1) is 10.4. The van der Waals surface area contributed by atoms with Gasteiger partial charge in [-0.25, -0.2) is 0 Å². The molecule has 0 aromatic carbocycles. The SMILES string of the molecule is Cc1cc(C)c(C(=O)NC[C@H]2CCN(CC(C)C)C2)c(=O)[nH]1. The molecule has 1 fully saturated rings. The number of rotatable bonds is 5. The second kappa shape index (κ2) is 7.09. The van der Waals surface area contributed by atoms with Gasteiger partial charge in [-0.3, -0.25) is 9.59 Å². The van der Waals surface area contributed by atoms with Crippen molar-refractivity contribution in [3.05, 3.63) is 33.2 Å². The van der Waals surface area contributed by atoms with Crippen molar-refractivity contribution in [3.63, 3.8) is 0 Å². The minimum Gasteiger partial charge on any atom is -0.352 e. The van der Waals surface area contributed by atoms with Gasteiger partial charge >= 0.3 is 0 Å². The summed E-state index contributed by atoms with van der Waals surface area (Å²) in [6.07, 6.45) is 1.11. The highest BCUT2D eigenvalue weighted by Gasteiger charge is 2.24. The van der Waals surface area contributed by atoms with Crippen LogP contribution in [0.3, 0.4) is 0 Å². The van der Waals surface area contributed by atoms with Gasteiger partial charge in [0.15, 0.2) is 0 Å². The first kappa shape index (κ1) is 16.7. The fourth-order valence-electron chi connectivity index (χ4n) is 3.22. The van der Waals surface area contributed by atoms with E-state index < -0.39 is 0 Å². The normalized spacial score (nSPS) is 18.9. The smallest absolute Gasteiger partial charge is 0.261 e. The molecule has 2 heterocycles. The molecule has 1 atom stereocenters. The second-order valence-electron chi connectivity index (χ2n) is 6.86. The molecule has 1 saturated heterocycles. The lowest BCUT2D eigenvalue weighted by Gasteiger charge is -2.18. The van der Waals surface area contributed by atoms with Crippen LogP contribution < -0.4 is 10.9 Å². The number of nitrogens with one attached hydrogen (secondary N) is 2. The molecule has 5 nitrogen and oxygen atoms in total. The zero-order valence-corrected chi connectivity index (χ0v) is 14.0. The molecule has 1 amide bonds. The Kier molecular flexibility index (Phi) is 5.40. The Bertz CT molecular complexity index is 592. The van der Waals surface area contributed by atoms with Crippen LogP contribution in [-0.4, -0.2) is 42.0 Å². The Morgan fingerprint density at radius 2 is 2.18 bits per heavy atom. The van der Waals surface area contributed by atoms with Crippen molar-refractivity contribution in [2.24, 2.45) is 11.8 Å². The fourth-order valence-corrected chi connectivity index (χ4v) is 3.22. The zero-order valence-electron chi connectivity index (χ0n) is 14.0. The number of pyridine rings is 1. The highest BCUT2D eigenvalue weighted by atomic mass is 16.2. The molecule has 0 bridgehead atoms. The molecule has 0 unspecified atom stereocenters. The molecule has 5 heteroatoms. The quantitative estimate of drug-likeness (QED) is 0.870. The topological polar surface area (TPSA) is 65.2 Å². The van der Waals surface area contributed by atoms with Crippen molar-refractivity contribution in [1.82, 2.24) is 15.2 Å². The van der Waals surface area contributed by atoms with E-state index in [4.69, 9.17) is 0 Å². The number of hydrogen-bond donors (Lipinski definition) is 2. The van der Waals surface area contributed by atoms with Gasteiger partial charge in [-0.2, -0.15) is 0 Å². The van der Waals surface area contributed by atoms with Gasteiger partial charge in [0.2, 0.25) is 0 Å². The molecular formula is C17H27N3O2. The van der Waals surface area contributed by atoms with E-state index in [-0.39, 0.29) is 17.0 Å². The average Bonchev–Trinajstić information content (AvgIpc) is 2.81. The average molecular weight is 305 g/mol. The van der Waals surface area contributed by atoms with Crippen LogP contribution >= 0.6 is 0 Å². The zero-order chi connectivity index (χ0) is 16.3. The van der Waals surface area contributed by atoms with E-state index >= 15 is 0 Å². The number of aryl methyl sites for hydroxylation is 2. The highest BCUT2D eigenvalue weighted by molar-refractivity contribution is 5.95. The minimum absolute atomic E-state index is 0.239. The Morgan fingerprint density at radius 1 is 1.45 bits per heavy atom. The van der Waals surface area contributed by atoms with Crippen LogP contribution in [0.4, 0.5) is 0 Å². The fraction of sp³-hybridized carbons (Fsp3) is 0.647. The predicted octanol–water partition coefficient (Wildman–Crippen LogP) is 1.70. The maximum atomic E-state index is 12.3. The monoisotopic (exact) mass is 305 g/mol. The van der Waals surface area contributed by atoms with Gasteiger partial charge < -0.3 is 15.2 Å². The van der Waals surface area contributed by atoms with E-state index in [0.29, 0.717) is 18.4 Å².